The Balaban J connectivity index is 0.000000514. The molecule has 0 bridgehead atoms. The van der Waals surface area contributed by atoms with Crippen molar-refractivity contribution in [1.29, 1.82) is 0 Å². The molecule has 0 atom stereocenters. The SMILES string of the molecule is C1C[SiH2]C1.Fc1cccc(C2=[C]([Hf+2][C]3=C(c4cccc(F)c4)C=CC3)CC=C2)c1.[Cl-].[Cl-]. The molecule has 0 nitrogen and oxygen atoms in total. The van der Waals surface area contributed by atoms with Gasteiger partial charge < -0.3 is 24.8 Å². The maximum Gasteiger partial charge on any atom is -1.00 e. The van der Waals surface area contributed by atoms with Crippen LogP contribution in [0, 0.1) is 11.6 Å². The van der Waals surface area contributed by atoms with Crippen molar-refractivity contribution in [3.05, 3.63) is 102 Å². The normalized spacial score (nSPS) is 16.1. The molecule has 5 rings (SSSR count). The average molecular weight is 640 g/mol. The van der Waals surface area contributed by atoms with E-state index in [9.17, 15) is 8.78 Å². The Kier molecular flexibility index (Phi) is 10.8. The summed E-state index contributed by atoms with van der Waals surface area (Å²) in [6.07, 6.45) is 12.1. The molecule has 0 amide bonds. The molecule has 1 heterocycles. The second-order valence-electron chi connectivity index (χ2n) is 7.56. The summed E-state index contributed by atoms with van der Waals surface area (Å²) in [7, 11) is 0.605. The largest absolute Gasteiger partial charge is 1.00 e. The molecule has 1 saturated heterocycles. The van der Waals surface area contributed by atoms with Crippen molar-refractivity contribution in [1.82, 2.24) is 0 Å². The van der Waals surface area contributed by atoms with Crippen molar-refractivity contribution in [2.45, 2.75) is 31.4 Å². The quantitative estimate of drug-likeness (QED) is 0.428. The zero-order valence-electron chi connectivity index (χ0n) is 17.2. The van der Waals surface area contributed by atoms with Crippen molar-refractivity contribution in [3.63, 3.8) is 0 Å². The van der Waals surface area contributed by atoms with E-state index in [1.165, 1.54) is 29.9 Å². The maximum absolute atomic E-state index is 13.6. The fraction of sp³-hybridized carbons (Fsp3) is 0.200. The van der Waals surface area contributed by atoms with E-state index < -0.39 is 22.9 Å². The Labute approximate surface area is 209 Å². The van der Waals surface area contributed by atoms with Gasteiger partial charge in [0.1, 0.15) is 0 Å². The summed E-state index contributed by atoms with van der Waals surface area (Å²) in [6.45, 7) is 0. The van der Waals surface area contributed by atoms with Crippen LogP contribution in [0.3, 0.4) is 0 Å². The molecule has 3 aliphatic rings. The van der Waals surface area contributed by atoms with Gasteiger partial charge in [0, 0.05) is 9.52 Å². The second-order valence-corrected chi connectivity index (χ2v) is 14.9. The van der Waals surface area contributed by atoms with Crippen LogP contribution in [0.25, 0.3) is 11.1 Å². The first-order valence-electron chi connectivity index (χ1n) is 10.3. The van der Waals surface area contributed by atoms with E-state index in [0.29, 0.717) is 9.52 Å². The minimum Gasteiger partial charge on any atom is -1.00 e. The molecule has 2 aromatic rings. The Morgan fingerprint density at radius 2 is 1.13 bits per heavy atom. The molecule has 31 heavy (non-hydrogen) atoms. The molecule has 1 aliphatic heterocycles. The van der Waals surface area contributed by atoms with Gasteiger partial charge in [0.2, 0.25) is 0 Å². The first-order valence-corrected chi connectivity index (χ1v) is 15.9. The predicted molar refractivity (Wildman–Crippen MR) is 117 cm³/mol. The molecule has 0 spiro atoms. The molecular formula is C25H24Cl2F2HfSi. The van der Waals surface area contributed by atoms with Gasteiger partial charge in [-0.2, -0.15) is 0 Å². The number of rotatable bonds is 4. The van der Waals surface area contributed by atoms with Crippen LogP contribution in [-0.4, -0.2) is 9.52 Å². The molecule has 6 heteroatoms. The van der Waals surface area contributed by atoms with Crippen molar-refractivity contribution in [2.24, 2.45) is 0 Å². The number of benzene rings is 2. The summed E-state index contributed by atoms with van der Waals surface area (Å²) >= 11 is -1.25. The minimum absolute atomic E-state index is 0. The third-order valence-corrected chi connectivity index (χ3v) is 13.0. The fourth-order valence-electron chi connectivity index (χ4n) is 3.53. The van der Waals surface area contributed by atoms with E-state index in [4.69, 9.17) is 0 Å². The second kappa shape index (κ2) is 12.8. The molecular weight excluding hydrogens is 616 g/mol. The molecule has 2 aliphatic carbocycles. The van der Waals surface area contributed by atoms with Gasteiger partial charge in [-0.05, 0) is 0 Å². The molecule has 1 fully saturated rings. The molecule has 0 N–H and O–H groups in total. The average Bonchev–Trinajstić information content (AvgIpc) is 3.30. The Hall–Kier alpha value is -1.07. The van der Waals surface area contributed by atoms with E-state index in [1.807, 2.05) is 12.1 Å². The van der Waals surface area contributed by atoms with Gasteiger partial charge in [-0.15, -0.1) is 0 Å². The molecule has 0 aromatic heterocycles. The van der Waals surface area contributed by atoms with E-state index >= 15 is 0 Å². The fourth-order valence-corrected chi connectivity index (χ4v) is 9.52. The summed E-state index contributed by atoms with van der Waals surface area (Å²) in [5, 5.41) is 0. The van der Waals surface area contributed by atoms with Crippen LogP contribution < -0.4 is 24.8 Å². The van der Waals surface area contributed by atoms with Gasteiger partial charge in [-0.25, -0.2) is 0 Å². The van der Waals surface area contributed by atoms with Crippen molar-refractivity contribution >= 4 is 20.7 Å². The monoisotopic (exact) mass is 640 g/mol. The van der Waals surface area contributed by atoms with Crippen LogP contribution in [0.15, 0.2) is 79.5 Å². The summed E-state index contributed by atoms with van der Waals surface area (Å²) in [5.74, 6) is -0.389. The van der Waals surface area contributed by atoms with Crippen LogP contribution in [0.4, 0.5) is 8.78 Å². The van der Waals surface area contributed by atoms with Gasteiger partial charge in [0.05, 0.1) is 0 Å². The minimum atomic E-state index is -1.25. The number of hydrogen-bond acceptors (Lipinski definition) is 0. The molecule has 0 radical (unpaired) electrons. The Bertz CT molecular complexity index is 942. The number of allylic oxidation sites excluding steroid dienone is 8. The predicted octanol–water partition coefficient (Wildman–Crippen LogP) is 0.493. The third-order valence-electron chi connectivity index (χ3n) is 5.44. The van der Waals surface area contributed by atoms with Gasteiger partial charge >= 0.3 is 158 Å². The topological polar surface area (TPSA) is 0 Å². The maximum atomic E-state index is 13.6. The Morgan fingerprint density at radius 1 is 0.710 bits per heavy atom. The van der Waals surface area contributed by atoms with Crippen LogP contribution >= 0.6 is 0 Å². The van der Waals surface area contributed by atoms with E-state index in [0.717, 1.165) is 24.0 Å². The van der Waals surface area contributed by atoms with Gasteiger partial charge in [-0.3, -0.25) is 0 Å². The third kappa shape index (κ3) is 6.95. The molecule has 2 aromatic carbocycles. The van der Waals surface area contributed by atoms with E-state index in [-0.39, 0.29) is 36.4 Å². The summed E-state index contributed by atoms with van der Waals surface area (Å²) < 4.78 is 30.1. The van der Waals surface area contributed by atoms with E-state index in [2.05, 4.69) is 24.3 Å². The van der Waals surface area contributed by atoms with Crippen molar-refractivity contribution in [2.75, 3.05) is 0 Å². The first-order chi connectivity index (χ1) is 14.2. The zero-order valence-corrected chi connectivity index (χ0v) is 23.7. The number of hydrogen-bond donors (Lipinski definition) is 0. The van der Waals surface area contributed by atoms with Crippen molar-refractivity contribution in [3.8, 4) is 0 Å². The summed E-state index contributed by atoms with van der Waals surface area (Å²) in [4.78, 5) is 0. The van der Waals surface area contributed by atoms with Crippen LogP contribution in [0.5, 0.6) is 0 Å². The molecule has 0 unspecified atom stereocenters. The smallest absolute Gasteiger partial charge is 1.00 e. The number of halogens is 4. The summed E-state index contributed by atoms with van der Waals surface area (Å²) in [5.41, 5.74) is 4.33. The molecule has 0 saturated carbocycles. The van der Waals surface area contributed by atoms with Gasteiger partial charge in [0.15, 0.2) is 0 Å². The van der Waals surface area contributed by atoms with Crippen LogP contribution in [-0.2, 0) is 22.9 Å². The zero-order chi connectivity index (χ0) is 20.1. The van der Waals surface area contributed by atoms with E-state index in [1.54, 1.807) is 42.8 Å². The molecule has 160 valence electrons. The van der Waals surface area contributed by atoms with Gasteiger partial charge in [-0.1, -0.05) is 18.5 Å². The Morgan fingerprint density at radius 3 is 1.48 bits per heavy atom. The van der Waals surface area contributed by atoms with Crippen LogP contribution in [0.2, 0.25) is 12.1 Å². The first kappa shape index (κ1) is 26.2. The van der Waals surface area contributed by atoms with Crippen LogP contribution in [0.1, 0.15) is 30.4 Å². The summed E-state index contributed by atoms with van der Waals surface area (Å²) in [6, 6.07) is 17.0. The van der Waals surface area contributed by atoms with Crippen molar-refractivity contribution < 1.29 is 56.5 Å². The van der Waals surface area contributed by atoms with Gasteiger partial charge in [0.25, 0.3) is 0 Å². The standard InChI is InChI=1S/2C11H8F.C3H8Si.2ClH.Hf/c2*12-11-7-3-6-10(8-11)9-4-1-2-5-9;1-2-4-3-1;;;/h2*1,3-4,6-8H,2H2;1-4H2;2*1H;/q;;;;;+2/p-2.